The molecule has 0 aromatic heterocycles. The summed E-state index contributed by atoms with van der Waals surface area (Å²) in [6.07, 6.45) is 6.68. The number of hydrogen-bond donors (Lipinski definition) is 0. The van der Waals surface area contributed by atoms with E-state index in [1.165, 1.54) is 0 Å². The van der Waals surface area contributed by atoms with Crippen LogP contribution in [0.25, 0.3) is 0 Å². The Morgan fingerprint density at radius 1 is 1.27 bits per heavy atom. The van der Waals surface area contributed by atoms with Crippen LogP contribution in [0.15, 0.2) is 47.9 Å². The van der Waals surface area contributed by atoms with Crippen molar-refractivity contribution in [1.82, 2.24) is 0 Å². The van der Waals surface area contributed by atoms with Crippen LogP contribution in [0.3, 0.4) is 0 Å². The Hall–Kier alpha value is -1.13. The third-order valence-corrected chi connectivity index (χ3v) is 8.42. The molecule has 3 nitrogen and oxygen atoms in total. The zero-order valence-corrected chi connectivity index (χ0v) is 13.9. The Morgan fingerprint density at radius 2 is 1.91 bits per heavy atom. The first-order valence-corrected chi connectivity index (χ1v) is 9.45. The molecule has 3 aliphatic carbocycles. The van der Waals surface area contributed by atoms with Crippen molar-refractivity contribution in [1.29, 1.82) is 0 Å². The summed E-state index contributed by atoms with van der Waals surface area (Å²) in [5.74, 6) is 0.482. The second kappa shape index (κ2) is 5.50. The van der Waals surface area contributed by atoms with Gasteiger partial charge in [-0.25, -0.2) is 8.42 Å². The van der Waals surface area contributed by atoms with Crippen molar-refractivity contribution >= 4 is 9.84 Å². The van der Waals surface area contributed by atoms with E-state index in [4.69, 9.17) is 4.74 Å². The van der Waals surface area contributed by atoms with Crippen LogP contribution in [-0.4, -0.2) is 25.9 Å². The average Bonchev–Trinajstić information content (AvgIpc) is 2.57. The largest absolute Gasteiger partial charge is 0.377 e. The fraction of sp³-hybridized carbons (Fsp3) is 0.556. The van der Waals surface area contributed by atoms with Gasteiger partial charge in [-0.05, 0) is 56.6 Å². The van der Waals surface area contributed by atoms with Gasteiger partial charge in [0.25, 0.3) is 0 Å². The molecule has 3 fully saturated rings. The molecule has 4 heteroatoms. The molecule has 3 saturated carbocycles. The lowest BCUT2D eigenvalue weighted by molar-refractivity contribution is -0.116. The first-order valence-electron chi connectivity index (χ1n) is 7.97. The van der Waals surface area contributed by atoms with E-state index in [-0.39, 0.29) is 0 Å². The summed E-state index contributed by atoms with van der Waals surface area (Å²) in [6.45, 7) is 3.84. The summed E-state index contributed by atoms with van der Waals surface area (Å²) >= 11 is 0. The summed E-state index contributed by atoms with van der Waals surface area (Å²) in [7, 11) is -1.81. The van der Waals surface area contributed by atoms with E-state index in [1.54, 1.807) is 37.5 Å². The van der Waals surface area contributed by atoms with E-state index in [0.717, 1.165) is 25.7 Å². The highest BCUT2D eigenvalue weighted by molar-refractivity contribution is 7.93. The van der Waals surface area contributed by atoms with Crippen LogP contribution in [0.5, 0.6) is 0 Å². The molecular formula is C18H24O3S. The lowest BCUT2D eigenvalue weighted by Gasteiger charge is -2.58. The topological polar surface area (TPSA) is 43.4 Å². The second-order valence-electron chi connectivity index (χ2n) is 6.65. The number of rotatable bonds is 5. The summed E-state index contributed by atoms with van der Waals surface area (Å²) in [5.41, 5.74) is -0.579. The van der Waals surface area contributed by atoms with Crippen molar-refractivity contribution in [3.05, 3.63) is 43.0 Å². The lowest BCUT2D eigenvalue weighted by Crippen LogP contribution is -2.65. The first-order chi connectivity index (χ1) is 10.5. The zero-order valence-electron chi connectivity index (χ0n) is 13.1. The van der Waals surface area contributed by atoms with Gasteiger partial charge in [-0.3, -0.25) is 0 Å². The Labute approximate surface area is 133 Å². The van der Waals surface area contributed by atoms with E-state index in [0.29, 0.717) is 23.7 Å². The Kier molecular flexibility index (Phi) is 3.94. The maximum absolute atomic E-state index is 13.5. The molecular weight excluding hydrogens is 296 g/mol. The highest BCUT2D eigenvalue weighted by atomic mass is 32.2. The fourth-order valence-corrected chi connectivity index (χ4v) is 7.17. The van der Waals surface area contributed by atoms with Crippen molar-refractivity contribution in [2.75, 3.05) is 7.11 Å². The summed E-state index contributed by atoms with van der Waals surface area (Å²) in [5, 5.41) is 0. The van der Waals surface area contributed by atoms with Gasteiger partial charge in [0.2, 0.25) is 0 Å². The monoisotopic (exact) mass is 320 g/mol. The van der Waals surface area contributed by atoms with Crippen LogP contribution in [0.4, 0.5) is 0 Å². The van der Waals surface area contributed by atoms with Gasteiger partial charge >= 0.3 is 0 Å². The standard InChI is InChI=1S/C18H24O3S/c1-3-11-18(22(19,20)16-7-5-4-6-8-16)14-15-9-12-17(18,21-2)13-10-15/h3-8,15H,1,9-14H2,2H3/t15?,17?,18-/m0/s1. The molecule has 1 aromatic carbocycles. The molecule has 3 aliphatic rings. The molecule has 0 unspecified atom stereocenters. The summed E-state index contributed by atoms with van der Waals surface area (Å²) in [4.78, 5) is 0.404. The van der Waals surface area contributed by atoms with Crippen LogP contribution < -0.4 is 0 Å². The van der Waals surface area contributed by atoms with E-state index < -0.39 is 20.2 Å². The number of allylic oxidation sites excluding steroid dienone is 1. The van der Waals surface area contributed by atoms with Crippen molar-refractivity contribution in [3.8, 4) is 0 Å². The molecule has 22 heavy (non-hydrogen) atoms. The van der Waals surface area contributed by atoms with Crippen molar-refractivity contribution in [3.63, 3.8) is 0 Å². The van der Waals surface area contributed by atoms with E-state index in [9.17, 15) is 8.42 Å². The SMILES string of the molecule is C=CC[C@]1(S(=O)(=O)c2ccccc2)CC2CCC1(OC)CC2. The molecule has 0 saturated heterocycles. The Bertz CT molecular complexity index is 642. The van der Waals surface area contributed by atoms with Crippen LogP contribution in [-0.2, 0) is 14.6 Å². The predicted octanol–water partition coefficient (Wildman–Crippen LogP) is 3.75. The molecule has 0 spiro atoms. The predicted molar refractivity (Wildman–Crippen MR) is 87.5 cm³/mol. The number of fused-ring (bicyclic) bond motifs is 3. The van der Waals surface area contributed by atoms with Gasteiger partial charge in [0.1, 0.15) is 4.75 Å². The quantitative estimate of drug-likeness (QED) is 0.776. The average molecular weight is 320 g/mol. The minimum absolute atomic E-state index is 0.404. The van der Waals surface area contributed by atoms with Gasteiger partial charge in [-0.2, -0.15) is 0 Å². The fourth-order valence-electron chi connectivity index (χ4n) is 4.64. The molecule has 0 N–H and O–H groups in total. The molecule has 120 valence electrons. The third kappa shape index (κ3) is 2.00. The van der Waals surface area contributed by atoms with Gasteiger partial charge < -0.3 is 4.74 Å². The number of ether oxygens (including phenoxy) is 1. The van der Waals surface area contributed by atoms with Crippen LogP contribution in [0.1, 0.15) is 38.5 Å². The number of sulfone groups is 1. The zero-order chi connectivity index (χ0) is 15.8. The van der Waals surface area contributed by atoms with Gasteiger partial charge in [-0.15, -0.1) is 6.58 Å². The molecule has 0 heterocycles. The summed E-state index contributed by atoms with van der Waals surface area (Å²) in [6, 6.07) is 8.82. The van der Waals surface area contributed by atoms with E-state index in [1.807, 2.05) is 6.07 Å². The maximum atomic E-state index is 13.5. The van der Waals surface area contributed by atoms with Crippen LogP contribution >= 0.6 is 0 Å². The van der Waals surface area contributed by atoms with Gasteiger partial charge in [0, 0.05) is 7.11 Å². The maximum Gasteiger partial charge on any atom is 0.187 e. The van der Waals surface area contributed by atoms with Crippen LogP contribution in [0.2, 0.25) is 0 Å². The number of methoxy groups -OCH3 is 1. The molecule has 0 aliphatic heterocycles. The Morgan fingerprint density at radius 3 is 2.45 bits per heavy atom. The van der Waals surface area contributed by atoms with Crippen molar-refractivity contribution < 1.29 is 13.2 Å². The normalized spacial score (nSPS) is 34.5. The second-order valence-corrected chi connectivity index (χ2v) is 8.91. The van der Waals surface area contributed by atoms with Crippen molar-refractivity contribution in [2.24, 2.45) is 5.92 Å². The number of benzene rings is 1. The lowest BCUT2D eigenvalue weighted by atomic mass is 9.60. The summed E-state index contributed by atoms with van der Waals surface area (Å²) < 4.78 is 32.1. The third-order valence-electron chi connectivity index (χ3n) is 5.79. The van der Waals surface area contributed by atoms with Gasteiger partial charge in [-0.1, -0.05) is 24.3 Å². The van der Waals surface area contributed by atoms with Crippen molar-refractivity contribution in [2.45, 2.75) is 53.8 Å². The molecule has 4 rings (SSSR count). The molecule has 1 aromatic rings. The molecule has 0 amide bonds. The van der Waals surface area contributed by atoms with Crippen LogP contribution in [0, 0.1) is 5.92 Å². The molecule has 1 atom stereocenters. The molecule has 2 bridgehead atoms. The highest BCUT2D eigenvalue weighted by Gasteiger charge is 2.64. The van der Waals surface area contributed by atoms with Gasteiger partial charge in [0.05, 0.1) is 10.5 Å². The highest BCUT2D eigenvalue weighted by Crippen LogP contribution is 2.58. The Balaban J connectivity index is 2.19. The minimum Gasteiger partial charge on any atom is -0.377 e. The van der Waals surface area contributed by atoms with E-state index in [2.05, 4.69) is 6.58 Å². The number of hydrogen-bond acceptors (Lipinski definition) is 3. The van der Waals surface area contributed by atoms with Gasteiger partial charge in [0.15, 0.2) is 9.84 Å². The first kappa shape index (κ1) is 15.8. The molecule has 0 radical (unpaired) electrons. The smallest absolute Gasteiger partial charge is 0.187 e. The van der Waals surface area contributed by atoms with E-state index >= 15 is 0 Å². The minimum atomic E-state index is -3.48.